The molecule has 0 N–H and O–H groups in total. The summed E-state index contributed by atoms with van der Waals surface area (Å²) in [6, 6.07) is 5.90. The molecule has 6 heteroatoms. The molecule has 0 radical (unpaired) electrons. The van der Waals surface area contributed by atoms with Crippen LogP contribution in [0.1, 0.15) is 38.3 Å². The summed E-state index contributed by atoms with van der Waals surface area (Å²) in [5, 5.41) is 0. The molecule has 6 nitrogen and oxygen atoms in total. The molecule has 27 heavy (non-hydrogen) atoms. The van der Waals surface area contributed by atoms with E-state index < -0.39 is 0 Å². The normalized spacial score (nSPS) is 10.7. The molecule has 0 aliphatic rings. The summed E-state index contributed by atoms with van der Waals surface area (Å²) in [5.41, 5.74) is 2.01. The minimum absolute atomic E-state index is 0.0350. The highest BCUT2D eigenvalue weighted by Crippen LogP contribution is 2.22. The molecular weight excluding hydrogens is 344 g/mol. The number of carbonyl (C=O) groups is 2. The number of nitrogens with zero attached hydrogens (tertiary/aromatic N) is 2. The number of esters is 1. The van der Waals surface area contributed by atoms with Crippen molar-refractivity contribution in [1.29, 1.82) is 0 Å². The fourth-order valence-corrected chi connectivity index (χ4v) is 2.87. The Hall–Kier alpha value is -2.08. The van der Waals surface area contributed by atoms with Crippen LogP contribution in [0.4, 0.5) is 0 Å². The van der Waals surface area contributed by atoms with Gasteiger partial charge in [0.1, 0.15) is 5.75 Å². The monoisotopic (exact) mass is 378 g/mol. The van der Waals surface area contributed by atoms with E-state index >= 15 is 0 Å². The Bertz CT molecular complexity index is 580. The molecule has 0 saturated heterocycles. The second-order valence-corrected chi connectivity index (χ2v) is 6.47. The second-order valence-electron chi connectivity index (χ2n) is 6.47. The maximum atomic E-state index is 12.7. The van der Waals surface area contributed by atoms with Crippen LogP contribution in [0.3, 0.4) is 0 Å². The first kappa shape index (κ1) is 23.0. The lowest BCUT2D eigenvalue weighted by Crippen LogP contribution is -2.42. The van der Waals surface area contributed by atoms with Gasteiger partial charge in [0.15, 0.2) is 6.61 Å². The van der Waals surface area contributed by atoms with Crippen LogP contribution in [0.25, 0.3) is 0 Å². The topological polar surface area (TPSA) is 59.1 Å². The predicted molar refractivity (Wildman–Crippen MR) is 107 cm³/mol. The van der Waals surface area contributed by atoms with Gasteiger partial charge in [0.05, 0.1) is 13.0 Å². The highest BCUT2D eigenvalue weighted by Gasteiger charge is 2.18. The zero-order valence-corrected chi connectivity index (χ0v) is 17.4. The lowest BCUT2D eigenvalue weighted by molar-refractivity contribution is -0.144. The Morgan fingerprint density at radius 1 is 0.963 bits per heavy atom. The van der Waals surface area contributed by atoms with Crippen LogP contribution in [0.5, 0.6) is 5.75 Å². The van der Waals surface area contributed by atoms with E-state index in [9.17, 15) is 9.59 Å². The minimum atomic E-state index is -0.284. The molecule has 0 aliphatic carbocycles. The number of hydrogen-bond donors (Lipinski definition) is 0. The number of para-hydroxylation sites is 1. The van der Waals surface area contributed by atoms with Crippen LogP contribution < -0.4 is 4.74 Å². The summed E-state index contributed by atoms with van der Waals surface area (Å²) < 4.78 is 10.8. The number of carbonyl (C=O) groups excluding carboxylic acids is 2. The number of aryl methyl sites for hydroxylation is 2. The molecule has 152 valence electrons. The second kappa shape index (κ2) is 12.3. The van der Waals surface area contributed by atoms with Gasteiger partial charge in [0.2, 0.25) is 0 Å². The van der Waals surface area contributed by atoms with Crippen LogP contribution in [-0.2, 0) is 14.3 Å². The predicted octanol–water partition coefficient (Wildman–Crippen LogP) is 2.81. The smallest absolute Gasteiger partial charge is 0.307 e. The number of hydrogen-bond acceptors (Lipinski definition) is 5. The molecule has 0 unspecified atom stereocenters. The van der Waals surface area contributed by atoms with E-state index in [1.807, 2.05) is 32.0 Å². The van der Waals surface area contributed by atoms with Crippen molar-refractivity contribution in [2.75, 3.05) is 45.9 Å². The lowest BCUT2D eigenvalue weighted by Gasteiger charge is -2.26. The van der Waals surface area contributed by atoms with Gasteiger partial charge in [-0.2, -0.15) is 0 Å². The van der Waals surface area contributed by atoms with E-state index in [1.165, 1.54) is 0 Å². The first-order chi connectivity index (χ1) is 12.9. The van der Waals surface area contributed by atoms with Crippen LogP contribution in [-0.4, -0.2) is 67.6 Å². The lowest BCUT2D eigenvalue weighted by atomic mass is 10.1. The van der Waals surface area contributed by atoms with Crippen molar-refractivity contribution in [2.45, 2.75) is 41.0 Å². The van der Waals surface area contributed by atoms with Crippen molar-refractivity contribution in [3.63, 3.8) is 0 Å². The number of likely N-dealkylation sites (N-methyl/N-ethyl adjacent to an activating group) is 1. The Morgan fingerprint density at radius 3 is 2.15 bits per heavy atom. The van der Waals surface area contributed by atoms with Crippen LogP contribution in [0.15, 0.2) is 18.2 Å². The van der Waals surface area contributed by atoms with Gasteiger partial charge in [-0.1, -0.05) is 32.0 Å². The first-order valence-corrected chi connectivity index (χ1v) is 9.77. The highest BCUT2D eigenvalue weighted by molar-refractivity contribution is 5.78. The molecule has 1 rings (SSSR count). The van der Waals surface area contributed by atoms with Crippen molar-refractivity contribution in [1.82, 2.24) is 9.80 Å². The quantitative estimate of drug-likeness (QED) is 0.524. The highest BCUT2D eigenvalue weighted by atomic mass is 16.5. The van der Waals surface area contributed by atoms with Crippen molar-refractivity contribution >= 4 is 11.9 Å². The van der Waals surface area contributed by atoms with E-state index in [-0.39, 0.29) is 24.9 Å². The van der Waals surface area contributed by atoms with Gasteiger partial charge < -0.3 is 19.3 Å². The Kier molecular flexibility index (Phi) is 10.5. The van der Waals surface area contributed by atoms with E-state index in [0.29, 0.717) is 19.7 Å². The summed E-state index contributed by atoms with van der Waals surface area (Å²) in [5.74, 6) is 0.350. The molecule has 1 amide bonds. The van der Waals surface area contributed by atoms with Crippen molar-refractivity contribution in [3.05, 3.63) is 29.3 Å². The number of rotatable bonds is 12. The van der Waals surface area contributed by atoms with Crippen LogP contribution in [0.2, 0.25) is 0 Å². The first-order valence-electron chi connectivity index (χ1n) is 9.77. The molecule has 0 bridgehead atoms. The van der Waals surface area contributed by atoms with E-state index in [4.69, 9.17) is 9.47 Å². The van der Waals surface area contributed by atoms with Crippen LogP contribution in [0, 0.1) is 13.8 Å². The summed E-state index contributed by atoms with van der Waals surface area (Å²) in [6.45, 7) is 13.7. The SMILES string of the molecule is CCOC(=O)CCN(CCN(CC)CC)C(=O)COc1c(C)cccc1C. The van der Waals surface area contributed by atoms with E-state index in [1.54, 1.807) is 11.8 Å². The summed E-state index contributed by atoms with van der Waals surface area (Å²) in [7, 11) is 0. The number of amides is 1. The summed E-state index contributed by atoms with van der Waals surface area (Å²) >= 11 is 0. The molecule has 0 aromatic heterocycles. The average molecular weight is 379 g/mol. The third-order valence-corrected chi connectivity index (χ3v) is 4.57. The third kappa shape index (κ3) is 7.99. The molecule has 1 aromatic carbocycles. The summed E-state index contributed by atoms with van der Waals surface area (Å²) in [6.07, 6.45) is 0.196. The average Bonchev–Trinajstić information content (AvgIpc) is 2.64. The maximum Gasteiger partial charge on any atom is 0.307 e. The zero-order valence-electron chi connectivity index (χ0n) is 17.4. The van der Waals surface area contributed by atoms with E-state index in [2.05, 4.69) is 18.7 Å². The number of ether oxygens (including phenoxy) is 2. The van der Waals surface area contributed by atoms with Crippen molar-refractivity contribution in [2.24, 2.45) is 0 Å². The fraction of sp³-hybridized carbons (Fsp3) is 0.619. The Balaban J connectivity index is 2.70. The van der Waals surface area contributed by atoms with Gasteiger partial charge >= 0.3 is 5.97 Å². The standard InChI is InChI=1S/C21H34N2O4/c1-6-22(7-2)14-15-23(13-12-20(25)26-8-3)19(24)16-27-21-17(4)10-9-11-18(21)5/h9-11H,6-8,12-16H2,1-5H3. The van der Waals surface area contributed by atoms with Gasteiger partial charge in [0, 0.05) is 19.6 Å². The molecule has 0 heterocycles. The largest absolute Gasteiger partial charge is 0.483 e. The maximum absolute atomic E-state index is 12.7. The van der Waals surface area contributed by atoms with Crippen LogP contribution >= 0.6 is 0 Å². The molecule has 0 spiro atoms. The van der Waals surface area contributed by atoms with Crippen molar-refractivity contribution < 1.29 is 19.1 Å². The number of benzene rings is 1. The third-order valence-electron chi connectivity index (χ3n) is 4.57. The Labute approximate surface area is 163 Å². The Morgan fingerprint density at radius 2 is 1.59 bits per heavy atom. The molecular formula is C21H34N2O4. The van der Waals surface area contributed by atoms with Gasteiger partial charge in [-0.15, -0.1) is 0 Å². The van der Waals surface area contributed by atoms with E-state index in [0.717, 1.165) is 36.5 Å². The molecule has 1 aromatic rings. The molecule has 0 aliphatic heterocycles. The van der Waals surface area contributed by atoms with Gasteiger partial charge in [-0.25, -0.2) is 0 Å². The van der Waals surface area contributed by atoms with Crippen molar-refractivity contribution in [3.8, 4) is 5.75 Å². The molecule has 0 fully saturated rings. The molecule has 0 atom stereocenters. The fourth-order valence-electron chi connectivity index (χ4n) is 2.87. The zero-order chi connectivity index (χ0) is 20.2. The molecule has 0 saturated carbocycles. The van der Waals surface area contributed by atoms with Gasteiger partial charge in [-0.05, 0) is 45.0 Å². The van der Waals surface area contributed by atoms with Gasteiger partial charge in [-0.3, -0.25) is 9.59 Å². The minimum Gasteiger partial charge on any atom is -0.483 e. The van der Waals surface area contributed by atoms with Gasteiger partial charge in [0.25, 0.3) is 5.91 Å². The summed E-state index contributed by atoms with van der Waals surface area (Å²) in [4.78, 5) is 28.4.